The third-order valence-electron chi connectivity index (χ3n) is 7.08. The summed E-state index contributed by atoms with van der Waals surface area (Å²) in [5.41, 5.74) is 3.51. The summed E-state index contributed by atoms with van der Waals surface area (Å²) in [5, 5.41) is 1.01. The summed E-state index contributed by atoms with van der Waals surface area (Å²) in [6.45, 7) is 2.65. The number of nitrogens with one attached hydrogen (secondary N) is 1. The van der Waals surface area contributed by atoms with Gasteiger partial charge in [-0.25, -0.2) is 13.1 Å². The highest BCUT2D eigenvalue weighted by Gasteiger charge is 2.42. The van der Waals surface area contributed by atoms with E-state index in [4.69, 9.17) is 9.47 Å². The Bertz CT molecular complexity index is 1300. The largest absolute Gasteiger partial charge is 0.486 e. The van der Waals surface area contributed by atoms with Gasteiger partial charge in [0.25, 0.3) is 0 Å². The van der Waals surface area contributed by atoms with Gasteiger partial charge in [-0.05, 0) is 54.7 Å². The molecule has 2 fully saturated rings. The molecule has 2 atom stereocenters. The third kappa shape index (κ3) is 3.90. The number of likely N-dealkylation sites (tertiary alicyclic amines) is 1. The van der Waals surface area contributed by atoms with E-state index in [9.17, 15) is 8.42 Å². The zero-order valence-corrected chi connectivity index (χ0v) is 19.6. The zero-order valence-electron chi connectivity index (χ0n) is 18.7. The van der Waals surface area contributed by atoms with Crippen molar-refractivity contribution in [2.45, 2.75) is 43.1 Å². The van der Waals surface area contributed by atoms with Crippen molar-refractivity contribution in [1.82, 2.24) is 14.2 Å². The maximum atomic E-state index is 12.8. The summed E-state index contributed by atoms with van der Waals surface area (Å²) in [6, 6.07) is 14.3. The highest BCUT2D eigenvalue weighted by molar-refractivity contribution is 7.90. The molecule has 0 unspecified atom stereocenters. The molecule has 2 aliphatic heterocycles. The number of nitrogens with zero attached hydrogens (tertiary/aromatic N) is 2. The van der Waals surface area contributed by atoms with E-state index in [0.29, 0.717) is 13.2 Å². The molecular formula is C25H29N3O4S. The fraction of sp³-hybridized carbons (Fsp3) is 0.440. The second-order valence-corrected chi connectivity index (χ2v) is 11.3. The van der Waals surface area contributed by atoms with Crippen molar-refractivity contribution in [3.63, 3.8) is 0 Å². The lowest BCUT2D eigenvalue weighted by Crippen LogP contribution is -2.41. The van der Waals surface area contributed by atoms with Gasteiger partial charge in [-0.15, -0.1) is 0 Å². The number of rotatable bonds is 6. The van der Waals surface area contributed by atoms with E-state index in [1.54, 1.807) is 0 Å². The number of aryl methyl sites for hydroxylation is 1. The summed E-state index contributed by atoms with van der Waals surface area (Å²) < 4.78 is 42.4. The summed E-state index contributed by atoms with van der Waals surface area (Å²) >= 11 is 0. The predicted molar refractivity (Wildman–Crippen MR) is 127 cm³/mol. The maximum Gasteiger partial charge on any atom is 0.214 e. The molecule has 0 radical (unpaired) electrons. The van der Waals surface area contributed by atoms with E-state index >= 15 is 0 Å². The van der Waals surface area contributed by atoms with Crippen LogP contribution in [0.5, 0.6) is 11.5 Å². The van der Waals surface area contributed by atoms with E-state index < -0.39 is 10.0 Å². The summed E-state index contributed by atoms with van der Waals surface area (Å²) in [5.74, 6) is 1.48. The minimum atomic E-state index is -3.29. The molecule has 33 heavy (non-hydrogen) atoms. The smallest absolute Gasteiger partial charge is 0.214 e. The van der Waals surface area contributed by atoms with Gasteiger partial charge < -0.3 is 14.0 Å². The molecule has 0 bridgehead atoms. The van der Waals surface area contributed by atoms with E-state index in [1.165, 1.54) is 16.5 Å². The average Bonchev–Trinajstić information content (AvgIpc) is 3.53. The molecular weight excluding hydrogens is 438 g/mol. The van der Waals surface area contributed by atoms with Gasteiger partial charge in [0.1, 0.15) is 13.2 Å². The minimum Gasteiger partial charge on any atom is -0.486 e. The van der Waals surface area contributed by atoms with Crippen LogP contribution in [0, 0.1) is 0 Å². The summed E-state index contributed by atoms with van der Waals surface area (Å²) in [6.07, 6.45) is 4.38. The molecule has 8 heteroatoms. The van der Waals surface area contributed by atoms with Crippen molar-refractivity contribution < 1.29 is 17.9 Å². The highest BCUT2D eigenvalue weighted by Crippen LogP contribution is 2.40. The molecule has 1 saturated heterocycles. The Balaban J connectivity index is 1.35. The molecule has 3 aliphatic rings. The van der Waals surface area contributed by atoms with Crippen molar-refractivity contribution >= 4 is 20.9 Å². The van der Waals surface area contributed by atoms with Gasteiger partial charge in [0, 0.05) is 43.3 Å². The molecule has 1 aromatic heterocycles. The second kappa shape index (κ2) is 8.04. The monoisotopic (exact) mass is 467 g/mol. The Morgan fingerprint density at radius 1 is 1.03 bits per heavy atom. The first-order valence-electron chi connectivity index (χ1n) is 11.7. The van der Waals surface area contributed by atoms with Crippen molar-refractivity contribution in [2.24, 2.45) is 7.05 Å². The van der Waals surface area contributed by atoms with Crippen molar-refractivity contribution in [2.75, 3.05) is 19.8 Å². The lowest BCUT2D eigenvalue weighted by Gasteiger charge is -2.30. The summed E-state index contributed by atoms with van der Waals surface area (Å²) in [4.78, 5) is 2.40. The molecule has 6 rings (SSSR count). The SMILES string of the molecule is Cn1ccc2c(CN3CC[C@H](NS(=O)(=O)C4CC4)[C@H]3c3ccc4c(c3)OCCO4)cccc21. The van der Waals surface area contributed by atoms with Gasteiger partial charge in [0.15, 0.2) is 11.5 Å². The lowest BCUT2D eigenvalue weighted by molar-refractivity contribution is 0.170. The van der Waals surface area contributed by atoms with E-state index in [2.05, 4.69) is 57.8 Å². The fourth-order valence-corrected chi connectivity index (χ4v) is 6.87. The normalized spacial score (nSPS) is 23.3. The topological polar surface area (TPSA) is 72.8 Å². The molecule has 7 nitrogen and oxygen atoms in total. The number of sulfonamides is 1. The van der Waals surface area contributed by atoms with Crippen LogP contribution in [0.25, 0.3) is 10.9 Å². The molecule has 1 N–H and O–H groups in total. The quantitative estimate of drug-likeness (QED) is 0.602. The molecule has 2 aromatic carbocycles. The molecule has 0 amide bonds. The number of ether oxygens (including phenoxy) is 2. The van der Waals surface area contributed by atoms with Crippen LogP contribution in [0.15, 0.2) is 48.7 Å². The van der Waals surface area contributed by atoms with Gasteiger partial charge >= 0.3 is 0 Å². The van der Waals surface area contributed by atoms with Gasteiger partial charge in [-0.2, -0.15) is 0 Å². The summed E-state index contributed by atoms with van der Waals surface area (Å²) in [7, 11) is -1.23. The van der Waals surface area contributed by atoms with Crippen molar-refractivity contribution in [3.05, 3.63) is 59.8 Å². The van der Waals surface area contributed by atoms with Crippen LogP contribution >= 0.6 is 0 Å². The molecule has 1 saturated carbocycles. The first-order chi connectivity index (χ1) is 16.0. The first kappa shape index (κ1) is 21.0. The lowest BCUT2D eigenvalue weighted by atomic mass is 9.99. The number of aromatic nitrogens is 1. The van der Waals surface area contributed by atoms with Crippen LogP contribution in [-0.4, -0.2) is 48.9 Å². The molecule has 0 spiro atoms. The molecule has 174 valence electrons. The minimum absolute atomic E-state index is 0.0756. The fourth-order valence-electron chi connectivity index (χ4n) is 5.25. The van der Waals surface area contributed by atoms with Gasteiger partial charge in [0.2, 0.25) is 10.0 Å². The van der Waals surface area contributed by atoms with E-state index in [0.717, 1.165) is 49.4 Å². The Morgan fingerprint density at radius 2 is 1.85 bits per heavy atom. The van der Waals surface area contributed by atoms with Gasteiger partial charge in [-0.3, -0.25) is 4.90 Å². The molecule has 3 aromatic rings. The first-order valence-corrected chi connectivity index (χ1v) is 13.2. The van der Waals surface area contributed by atoms with Crippen LogP contribution in [-0.2, 0) is 23.6 Å². The maximum absolute atomic E-state index is 12.8. The second-order valence-electron chi connectivity index (χ2n) is 9.35. The van der Waals surface area contributed by atoms with Gasteiger partial charge in [0.05, 0.1) is 11.3 Å². The van der Waals surface area contributed by atoms with Crippen LogP contribution in [0.4, 0.5) is 0 Å². The Kier molecular flexibility index (Phi) is 5.12. The number of benzene rings is 2. The van der Waals surface area contributed by atoms with Crippen LogP contribution in [0.1, 0.15) is 36.4 Å². The van der Waals surface area contributed by atoms with Crippen molar-refractivity contribution in [3.8, 4) is 11.5 Å². The predicted octanol–water partition coefficient (Wildman–Crippen LogP) is 3.35. The zero-order chi connectivity index (χ0) is 22.6. The van der Waals surface area contributed by atoms with Crippen LogP contribution < -0.4 is 14.2 Å². The number of hydrogen-bond donors (Lipinski definition) is 1. The van der Waals surface area contributed by atoms with E-state index in [1.807, 2.05) is 12.1 Å². The average molecular weight is 468 g/mol. The highest BCUT2D eigenvalue weighted by atomic mass is 32.2. The Morgan fingerprint density at radius 3 is 2.67 bits per heavy atom. The standard InChI is InChI=1S/C25H29N3O4S/c1-27-11-9-20-18(3-2-4-22(20)27)16-28-12-10-21(26-33(29,30)19-6-7-19)25(28)17-5-8-23-24(15-17)32-14-13-31-23/h2-5,8-9,11,15,19,21,25-26H,6-7,10,12-14,16H2,1H3/t21-,25+/m0/s1. The third-order valence-corrected chi connectivity index (χ3v) is 9.06. The van der Waals surface area contributed by atoms with Crippen LogP contribution in [0.2, 0.25) is 0 Å². The van der Waals surface area contributed by atoms with Crippen LogP contribution in [0.3, 0.4) is 0 Å². The van der Waals surface area contributed by atoms with E-state index in [-0.39, 0.29) is 17.3 Å². The van der Waals surface area contributed by atoms with Crippen molar-refractivity contribution in [1.29, 1.82) is 0 Å². The van der Waals surface area contributed by atoms with Gasteiger partial charge in [-0.1, -0.05) is 18.2 Å². The Hall–Kier alpha value is -2.55. The Labute approximate surface area is 194 Å². The number of hydrogen-bond acceptors (Lipinski definition) is 5. The molecule has 1 aliphatic carbocycles. The molecule has 3 heterocycles. The number of fused-ring (bicyclic) bond motifs is 2.